The van der Waals surface area contributed by atoms with Gasteiger partial charge in [0.15, 0.2) is 12.4 Å². The van der Waals surface area contributed by atoms with Crippen LogP contribution in [0.4, 0.5) is 0 Å². The summed E-state index contributed by atoms with van der Waals surface area (Å²) >= 11 is 12.8. The molecule has 1 N–H and O–H groups in total. The molecule has 0 heterocycles. The van der Waals surface area contributed by atoms with Crippen LogP contribution in [0.15, 0.2) is 72.8 Å². The third-order valence-electron chi connectivity index (χ3n) is 5.66. The van der Waals surface area contributed by atoms with Crippen LogP contribution >= 0.6 is 23.2 Å². The molecule has 0 saturated carbocycles. The lowest BCUT2D eigenvalue weighted by Gasteiger charge is -2.27. The number of ketones is 1. The van der Waals surface area contributed by atoms with Crippen LogP contribution in [0.5, 0.6) is 5.75 Å². The Morgan fingerprint density at radius 1 is 1.03 bits per heavy atom. The Bertz CT molecular complexity index is 1190. The van der Waals surface area contributed by atoms with Gasteiger partial charge in [0.25, 0.3) is 0 Å². The maximum absolute atomic E-state index is 13.8. The fourth-order valence-electron chi connectivity index (χ4n) is 4.16. The number of carbonyl (C=O) groups excluding carboxylic acids is 1. The lowest BCUT2D eigenvalue weighted by atomic mass is 9.74. The van der Waals surface area contributed by atoms with Crippen LogP contribution in [0.1, 0.15) is 33.5 Å². The van der Waals surface area contributed by atoms with E-state index in [1.165, 1.54) is 0 Å². The Balaban J connectivity index is 1.75. The van der Waals surface area contributed by atoms with Crippen molar-refractivity contribution >= 4 is 41.0 Å². The van der Waals surface area contributed by atoms with Gasteiger partial charge in [-0.05, 0) is 35.6 Å². The second-order valence-corrected chi connectivity index (χ2v) is 8.45. The van der Waals surface area contributed by atoms with Gasteiger partial charge in [-0.3, -0.25) is 4.79 Å². The molecule has 0 bridgehead atoms. The van der Waals surface area contributed by atoms with Gasteiger partial charge in [0.1, 0.15) is 10.8 Å². The van der Waals surface area contributed by atoms with E-state index in [0.29, 0.717) is 24.0 Å². The van der Waals surface area contributed by atoms with Crippen molar-refractivity contribution < 1.29 is 19.4 Å². The number of fused-ring (bicyclic) bond motifs is 1. The average molecular weight is 467 g/mol. The van der Waals surface area contributed by atoms with Crippen molar-refractivity contribution in [3.05, 3.63) is 105 Å². The van der Waals surface area contributed by atoms with Gasteiger partial charge in [-0.2, -0.15) is 0 Å². The smallest absolute Gasteiger partial charge is 0.341 e. The number of benzene rings is 3. The summed E-state index contributed by atoms with van der Waals surface area (Å²) in [6.45, 7) is -0.549. The molecule has 4 nitrogen and oxygen atoms in total. The summed E-state index contributed by atoms with van der Waals surface area (Å²) in [5, 5.41) is 9.07. The molecule has 0 radical (unpaired) electrons. The number of aliphatic carboxylic acids is 1. The predicted molar refractivity (Wildman–Crippen MR) is 126 cm³/mol. The summed E-state index contributed by atoms with van der Waals surface area (Å²) in [5.74, 6) is -1.07. The molecule has 1 aliphatic rings. The van der Waals surface area contributed by atoms with Crippen molar-refractivity contribution in [2.45, 2.75) is 18.3 Å². The molecule has 0 spiro atoms. The van der Waals surface area contributed by atoms with Gasteiger partial charge in [0.2, 0.25) is 0 Å². The van der Waals surface area contributed by atoms with Crippen LogP contribution in [0.3, 0.4) is 0 Å². The van der Waals surface area contributed by atoms with Gasteiger partial charge in [-0.25, -0.2) is 4.79 Å². The van der Waals surface area contributed by atoms with E-state index in [1.54, 1.807) is 6.07 Å². The van der Waals surface area contributed by atoms with E-state index < -0.39 is 18.0 Å². The lowest BCUT2D eigenvalue weighted by Crippen LogP contribution is -2.32. The Labute approximate surface area is 196 Å². The van der Waals surface area contributed by atoms with Crippen LogP contribution in [-0.2, 0) is 16.6 Å². The van der Waals surface area contributed by atoms with Crippen molar-refractivity contribution in [2.24, 2.45) is 0 Å². The second kappa shape index (κ2) is 9.19. The van der Waals surface area contributed by atoms with E-state index in [2.05, 4.69) is 0 Å². The molecule has 0 fully saturated rings. The standard InChI is InChI=1S/C26H20Cl2O4/c27-23-20(32-16-21(29)30)14-18-15-26(19-11-5-2-6-12-19,25(31)22(18)24(23)28)13-7-10-17-8-3-1-4-9-17/h1-12,14H,13,15-16H2,(H,29,30). The third kappa shape index (κ3) is 4.16. The zero-order valence-corrected chi connectivity index (χ0v) is 18.6. The molecule has 162 valence electrons. The minimum atomic E-state index is -1.13. The van der Waals surface area contributed by atoms with Crippen LogP contribution in [0.2, 0.25) is 10.0 Å². The topological polar surface area (TPSA) is 63.6 Å². The second-order valence-electron chi connectivity index (χ2n) is 7.69. The Hall–Kier alpha value is -3.08. The van der Waals surface area contributed by atoms with Gasteiger partial charge in [-0.15, -0.1) is 0 Å². The molecule has 3 aromatic carbocycles. The molecule has 32 heavy (non-hydrogen) atoms. The van der Waals surface area contributed by atoms with Gasteiger partial charge < -0.3 is 9.84 Å². The molecule has 1 aliphatic carbocycles. The summed E-state index contributed by atoms with van der Waals surface area (Å²) in [4.78, 5) is 24.7. The van der Waals surface area contributed by atoms with Crippen molar-refractivity contribution in [2.75, 3.05) is 6.61 Å². The quantitative estimate of drug-likeness (QED) is 0.447. The summed E-state index contributed by atoms with van der Waals surface area (Å²) in [6, 6.07) is 21.1. The van der Waals surface area contributed by atoms with Crippen LogP contribution in [-0.4, -0.2) is 23.5 Å². The van der Waals surface area contributed by atoms with Crippen LogP contribution < -0.4 is 4.74 Å². The van der Waals surface area contributed by atoms with E-state index in [4.69, 9.17) is 33.0 Å². The fourth-order valence-corrected chi connectivity index (χ4v) is 4.66. The SMILES string of the molecule is O=C(O)COc1cc2c(c(Cl)c1Cl)C(=O)C(CC=Cc1ccccc1)(c1ccccc1)C2. The normalized spacial score (nSPS) is 17.5. The number of carboxylic acids is 1. The Kier molecular flexibility index (Phi) is 6.35. The van der Waals surface area contributed by atoms with Crippen molar-refractivity contribution in [1.82, 2.24) is 0 Å². The highest BCUT2D eigenvalue weighted by atomic mass is 35.5. The molecule has 0 saturated heterocycles. The van der Waals surface area contributed by atoms with Gasteiger partial charge in [0.05, 0.1) is 10.4 Å². The van der Waals surface area contributed by atoms with Gasteiger partial charge >= 0.3 is 5.97 Å². The number of halogens is 2. The highest BCUT2D eigenvalue weighted by Gasteiger charge is 2.47. The van der Waals surface area contributed by atoms with E-state index in [0.717, 1.165) is 11.1 Å². The zero-order valence-electron chi connectivity index (χ0n) is 17.1. The van der Waals surface area contributed by atoms with Gasteiger partial charge in [0, 0.05) is 5.56 Å². The highest BCUT2D eigenvalue weighted by Crippen LogP contribution is 2.49. The Morgan fingerprint density at radius 2 is 1.69 bits per heavy atom. The maximum atomic E-state index is 13.8. The van der Waals surface area contributed by atoms with E-state index >= 15 is 0 Å². The zero-order chi connectivity index (χ0) is 22.7. The van der Waals surface area contributed by atoms with E-state index in [9.17, 15) is 9.59 Å². The molecule has 1 unspecified atom stereocenters. The average Bonchev–Trinajstić information content (AvgIpc) is 3.09. The summed E-state index contributed by atoms with van der Waals surface area (Å²) in [5.41, 5.74) is 2.16. The van der Waals surface area contributed by atoms with Crippen molar-refractivity contribution in [3.63, 3.8) is 0 Å². The minimum absolute atomic E-state index is 0.0451. The Morgan fingerprint density at radius 3 is 2.34 bits per heavy atom. The molecule has 1 atom stereocenters. The summed E-state index contributed by atoms with van der Waals surface area (Å²) in [7, 11) is 0. The number of rotatable bonds is 7. The number of allylic oxidation sites excluding steroid dienone is 1. The molecule has 0 aliphatic heterocycles. The number of ether oxygens (including phenoxy) is 1. The number of hydrogen-bond donors (Lipinski definition) is 1. The first kappa shape index (κ1) is 22.1. The van der Waals surface area contributed by atoms with Crippen LogP contribution in [0.25, 0.3) is 6.08 Å². The predicted octanol–water partition coefficient (Wildman–Crippen LogP) is 6.24. The fraction of sp³-hybridized carbons (Fsp3) is 0.154. The monoisotopic (exact) mass is 466 g/mol. The largest absolute Gasteiger partial charge is 0.480 e. The van der Waals surface area contributed by atoms with Crippen molar-refractivity contribution in [1.29, 1.82) is 0 Å². The first-order chi connectivity index (χ1) is 15.4. The molecule has 4 rings (SSSR count). The van der Waals surface area contributed by atoms with Crippen molar-refractivity contribution in [3.8, 4) is 5.75 Å². The molecule has 0 amide bonds. The molecule has 6 heteroatoms. The third-order valence-corrected chi connectivity index (χ3v) is 6.51. The van der Waals surface area contributed by atoms with E-state index in [1.807, 2.05) is 72.8 Å². The summed E-state index contributed by atoms with van der Waals surface area (Å²) < 4.78 is 5.31. The molecule has 0 aromatic heterocycles. The lowest BCUT2D eigenvalue weighted by molar-refractivity contribution is -0.139. The first-order valence-corrected chi connectivity index (χ1v) is 10.9. The number of carboxylic acid groups (broad SMARTS) is 1. The van der Waals surface area contributed by atoms with Crippen LogP contribution in [0, 0.1) is 0 Å². The number of hydrogen-bond acceptors (Lipinski definition) is 3. The van der Waals surface area contributed by atoms with E-state index in [-0.39, 0.29) is 21.6 Å². The first-order valence-electron chi connectivity index (χ1n) is 10.1. The van der Waals surface area contributed by atoms with Gasteiger partial charge in [-0.1, -0.05) is 96.0 Å². The number of Topliss-reactive ketones (excluding diaryl/α,β-unsaturated/α-hetero) is 1. The number of carbonyl (C=O) groups is 2. The summed E-state index contributed by atoms with van der Waals surface area (Å²) in [6.07, 6.45) is 4.88. The molecule has 3 aromatic rings. The molecular formula is C26H20Cl2O4. The maximum Gasteiger partial charge on any atom is 0.341 e. The minimum Gasteiger partial charge on any atom is -0.480 e. The molecular weight excluding hydrogens is 447 g/mol. The highest BCUT2D eigenvalue weighted by molar-refractivity contribution is 6.45.